The number of nitrogens with zero attached hydrogens (tertiary/aromatic N) is 3. The number of benzene rings is 4. The minimum atomic E-state index is -0.539. The van der Waals surface area contributed by atoms with Crippen molar-refractivity contribution >= 4 is 45.8 Å². The number of ether oxygens (including phenoxy) is 1. The van der Waals surface area contributed by atoms with Crippen molar-refractivity contribution in [2.75, 3.05) is 24.8 Å². The van der Waals surface area contributed by atoms with Gasteiger partial charge < -0.3 is 4.74 Å². The number of amides is 4. The lowest BCUT2D eigenvalue weighted by molar-refractivity contribution is 0.0574. The van der Waals surface area contributed by atoms with Crippen LogP contribution in [0.2, 0.25) is 0 Å². The fourth-order valence-corrected chi connectivity index (χ4v) is 5.28. The molecule has 0 saturated heterocycles. The number of anilines is 2. The molecule has 2 heterocycles. The molecule has 0 spiro atoms. The smallest absolute Gasteiger partial charge is 0.280 e. The zero-order valence-electron chi connectivity index (χ0n) is 21.3. The summed E-state index contributed by atoms with van der Waals surface area (Å²) in [6, 6.07) is 24.6. The van der Waals surface area contributed by atoms with Gasteiger partial charge in [0.15, 0.2) is 0 Å². The molecule has 2 aliphatic heterocycles. The Hall–Kier alpha value is -4.82. The van der Waals surface area contributed by atoms with E-state index < -0.39 is 23.6 Å². The summed E-state index contributed by atoms with van der Waals surface area (Å²) in [5, 5.41) is 3.40. The molecule has 8 nitrogen and oxygen atoms in total. The van der Waals surface area contributed by atoms with Crippen LogP contribution in [0.1, 0.15) is 54.8 Å². The summed E-state index contributed by atoms with van der Waals surface area (Å²) in [5.41, 5.74) is 2.39. The summed E-state index contributed by atoms with van der Waals surface area (Å²) in [7, 11) is 0. The highest BCUT2D eigenvalue weighted by Gasteiger charge is 2.42. The number of carbonyl (C=O) groups excluding carboxylic acids is 4. The Bertz CT molecular complexity index is 1520. The highest BCUT2D eigenvalue weighted by atomic mass is 16.5. The molecule has 0 aliphatic carbocycles. The quantitative estimate of drug-likeness (QED) is 0.235. The second kappa shape index (κ2) is 9.81. The maximum Gasteiger partial charge on any atom is 0.280 e. The van der Waals surface area contributed by atoms with Gasteiger partial charge in [0.2, 0.25) is 0 Å². The van der Waals surface area contributed by atoms with E-state index in [-0.39, 0.29) is 17.7 Å². The summed E-state index contributed by atoms with van der Waals surface area (Å²) in [6.07, 6.45) is 0.515. The van der Waals surface area contributed by atoms with Crippen molar-refractivity contribution in [1.82, 2.24) is 9.91 Å². The van der Waals surface area contributed by atoms with Crippen LogP contribution in [0.5, 0.6) is 0 Å². The van der Waals surface area contributed by atoms with E-state index >= 15 is 0 Å². The number of carbonyl (C=O) groups is 4. The second-order valence-corrected chi connectivity index (χ2v) is 9.29. The lowest BCUT2D eigenvalue weighted by Crippen LogP contribution is -2.50. The van der Waals surface area contributed by atoms with Gasteiger partial charge in [-0.3, -0.25) is 24.1 Å². The van der Waals surface area contributed by atoms with Crippen LogP contribution in [0, 0.1) is 0 Å². The molecule has 0 fully saturated rings. The van der Waals surface area contributed by atoms with Crippen molar-refractivity contribution in [3.05, 3.63) is 107 Å². The van der Waals surface area contributed by atoms with Gasteiger partial charge in [0.25, 0.3) is 23.6 Å². The zero-order chi connectivity index (χ0) is 27.1. The molecule has 0 saturated carbocycles. The van der Waals surface area contributed by atoms with Gasteiger partial charge in [-0.2, -0.15) is 5.01 Å². The Morgan fingerprint density at radius 3 is 1.49 bits per heavy atom. The molecule has 8 heteroatoms. The third kappa shape index (κ3) is 3.88. The Balaban J connectivity index is 1.47. The molecule has 4 aromatic rings. The average molecular weight is 520 g/mol. The number of hydrogen-bond donors (Lipinski definition) is 0. The fraction of sp³-hybridized carbons (Fsp3) is 0.161. The maximum absolute atomic E-state index is 14.0. The molecular weight excluding hydrogens is 494 g/mol. The van der Waals surface area contributed by atoms with E-state index in [9.17, 15) is 19.2 Å². The van der Waals surface area contributed by atoms with Crippen LogP contribution in [0.4, 0.5) is 11.4 Å². The molecule has 0 atom stereocenters. The van der Waals surface area contributed by atoms with Gasteiger partial charge in [-0.1, -0.05) is 36.4 Å². The molecular formula is C31H25N3O5. The standard InChI is InChI=1S/C31H25N3O5/c1-2-39-19-9-18-32-28(35)22-14-16-24-27-25(17-15-23(26(22)27)29(32)36)31(38)34(30(24)37)33(20-10-5-3-6-11-20)21-12-7-4-8-13-21/h3-8,10-17H,2,9,18-19H2,1H3. The predicted octanol–water partition coefficient (Wildman–Crippen LogP) is 5.21. The maximum atomic E-state index is 14.0. The van der Waals surface area contributed by atoms with Crippen LogP contribution in [-0.2, 0) is 4.74 Å². The first kappa shape index (κ1) is 24.5. The molecule has 194 valence electrons. The first-order valence-electron chi connectivity index (χ1n) is 12.9. The lowest BCUT2D eigenvalue weighted by Gasteiger charge is -2.38. The Kier molecular flexibility index (Phi) is 6.17. The minimum absolute atomic E-state index is 0.219. The van der Waals surface area contributed by atoms with Gasteiger partial charge in [-0.15, -0.1) is 0 Å². The number of rotatable bonds is 8. The molecule has 39 heavy (non-hydrogen) atoms. The highest BCUT2D eigenvalue weighted by Crippen LogP contribution is 2.40. The van der Waals surface area contributed by atoms with E-state index in [1.807, 2.05) is 67.6 Å². The van der Waals surface area contributed by atoms with Gasteiger partial charge in [0, 0.05) is 41.7 Å². The number of hydrogen-bond acceptors (Lipinski definition) is 6. The van der Waals surface area contributed by atoms with Crippen LogP contribution in [-0.4, -0.2) is 53.3 Å². The lowest BCUT2D eigenvalue weighted by atomic mass is 9.86. The van der Waals surface area contributed by atoms with E-state index in [0.717, 1.165) is 5.01 Å². The Labute approximate surface area is 225 Å². The van der Waals surface area contributed by atoms with E-state index in [4.69, 9.17) is 4.74 Å². The number of imide groups is 2. The second-order valence-electron chi connectivity index (χ2n) is 9.29. The molecule has 6 rings (SSSR count). The van der Waals surface area contributed by atoms with E-state index in [1.165, 1.54) is 4.90 Å². The van der Waals surface area contributed by atoms with Gasteiger partial charge in [-0.05, 0) is 61.9 Å². The largest absolute Gasteiger partial charge is 0.382 e. The zero-order valence-corrected chi connectivity index (χ0v) is 21.3. The van der Waals surface area contributed by atoms with Crippen LogP contribution in [0.25, 0.3) is 10.8 Å². The van der Waals surface area contributed by atoms with Gasteiger partial charge >= 0.3 is 0 Å². The SMILES string of the molecule is CCOCCCN1C(=O)c2ccc3c4c(ccc(c24)C1=O)C(=O)N(N(c1ccccc1)c1ccccc1)C3=O. The summed E-state index contributed by atoms with van der Waals surface area (Å²) in [6.45, 7) is 3.10. The van der Waals surface area contributed by atoms with Crippen LogP contribution in [0.15, 0.2) is 84.9 Å². The fourth-order valence-electron chi connectivity index (χ4n) is 5.28. The van der Waals surface area contributed by atoms with Crippen molar-refractivity contribution in [2.45, 2.75) is 13.3 Å². The van der Waals surface area contributed by atoms with Crippen molar-refractivity contribution in [2.24, 2.45) is 0 Å². The molecule has 2 aliphatic rings. The molecule has 0 unspecified atom stereocenters. The van der Waals surface area contributed by atoms with Crippen molar-refractivity contribution in [3.8, 4) is 0 Å². The summed E-state index contributed by atoms with van der Waals surface area (Å²) < 4.78 is 5.36. The van der Waals surface area contributed by atoms with Crippen molar-refractivity contribution in [3.63, 3.8) is 0 Å². The van der Waals surface area contributed by atoms with Crippen LogP contribution < -0.4 is 5.01 Å². The summed E-state index contributed by atoms with van der Waals surface area (Å²) in [4.78, 5) is 56.0. The first-order valence-corrected chi connectivity index (χ1v) is 12.9. The third-order valence-corrected chi connectivity index (χ3v) is 7.03. The van der Waals surface area contributed by atoms with E-state index in [1.54, 1.807) is 29.3 Å². The van der Waals surface area contributed by atoms with Gasteiger partial charge in [0.1, 0.15) is 0 Å². The van der Waals surface area contributed by atoms with E-state index in [0.29, 0.717) is 52.9 Å². The van der Waals surface area contributed by atoms with E-state index in [2.05, 4.69) is 0 Å². The number of para-hydroxylation sites is 2. The highest BCUT2D eigenvalue weighted by molar-refractivity contribution is 6.33. The molecule has 4 aromatic carbocycles. The van der Waals surface area contributed by atoms with Crippen LogP contribution in [0.3, 0.4) is 0 Å². The topological polar surface area (TPSA) is 87.2 Å². The Morgan fingerprint density at radius 1 is 0.615 bits per heavy atom. The monoisotopic (exact) mass is 519 g/mol. The normalized spacial score (nSPS) is 14.4. The average Bonchev–Trinajstić information content (AvgIpc) is 2.97. The molecule has 0 aromatic heterocycles. The van der Waals surface area contributed by atoms with Gasteiger partial charge in [-0.25, -0.2) is 5.01 Å². The first-order chi connectivity index (χ1) is 19.0. The number of hydrazine groups is 1. The van der Waals surface area contributed by atoms with Crippen LogP contribution >= 0.6 is 0 Å². The molecule has 0 radical (unpaired) electrons. The minimum Gasteiger partial charge on any atom is -0.382 e. The molecule has 4 amide bonds. The summed E-state index contributed by atoms with van der Waals surface area (Å²) in [5.74, 6) is -1.96. The van der Waals surface area contributed by atoms with Crippen molar-refractivity contribution in [1.29, 1.82) is 0 Å². The molecule has 0 bridgehead atoms. The predicted molar refractivity (Wildman–Crippen MR) is 146 cm³/mol. The Morgan fingerprint density at radius 2 is 1.05 bits per heavy atom. The third-order valence-electron chi connectivity index (χ3n) is 7.03. The summed E-state index contributed by atoms with van der Waals surface area (Å²) >= 11 is 0. The molecule has 0 N–H and O–H groups in total. The van der Waals surface area contributed by atoms with Crippen molar-refractivity contribution < 1.29 is 23.9 Å². The van der Waals surface area contributed by atoms with Gasteiger partial charge in [0.05, 0.1) is 22.5 Å².